The second-order valence-electron chi connectivity index (χ2n) is 7.00. The van der Waals surface area contributed by atoms with E-state index >= 15 is 0 Å². The van der Waals surface area contributed by atoms with E-state index in [1.165, 1.54) is 12.1 Å². The van der Waals surface area contributed by atoms with Crippen molar-refractivity contribution in [1.82, 2.24) is 10.1 Å². The molecule has 11 heteroatoms. The number of hydrogen-bond donors (Lipinski definition) is 3. The predicted molar refractivity (Wildman–Crippen MR) is 108 cm³/mol. The average Bonchev–Trinajstić information content (AvgIpc) is 3.17. The van der Waals surface area contributed by atoms with E-state index < -0.39 is 30.5 Å². The molecule has 3 aromatic rings. The summed E-state index contributed by atoms with van der Waals surface area (Å²) in [5.41, 5.74) is 5.72. The third kappa shape index (κ3) is 5.88. The topological polar surface area (TPSA) is 141 Å². The highest BCUT2D eigenvalue weighted by Gasteiger charge is 2.25. The van der Waals surface area contributed by atoms with Crippen molar-refractivity contribution in [1.29, 1.82) is 0 Å². The number of rotatable bonds is 10. The Bertz CT molecular complexity index is 1040. The van der Waals surface area contributed by atoms with Crippen LogP contribution in [0.4, 0.5) is 4.39 Å². The van der Waals surface area contributed by atoms with Crippen LogP contribution >= 0.6 is 11.6 Å². The largest absolute Gasteiger partial charge is 0.486 e. The number of hydrogen-bond acceptors (Lipinski definition) is 9. The highest BCUT2D eigenvalue weighted by molar-refractivity contribution is 6.32. The highest BCUT2D eigenvalue weighted by Crippen LogP contribution is 2.32. The van der Waals surface area contributed by atoms with Gasteiger partial charge in [0.25, 0.3) is 0 Å². The van der Waals surface area contributed by atoms with E-state index in [-0.39, 0.29) is 26.1 Å². The van der Waals surface area contributed by atoms with Crippen LogP contribution in [0.15, 0.2) is 35.0 Å². The minimum absolute atomic E-state index is 0.0132. The van der Waals surface area contributed by atoms with Gasteiger partial charge in [0.2, 0.25) is 0 Å². The fourth-order valence-electron chi connectivity index (χ4n) is 2.58. The molecule has 2 aromatic heterocycles. The summed E-state index contributed by atoms with van der Waals surface area (Å²) in [5, 5.41) is 23.1. The molecule has 0 radical (unpaired) electrons. The van der Waals surface area contributed by atoms with E-state index in [2.05, 4.69) is 10.1 Å². The second kappa shape index (κ2) is 10.0. The number of aromatic nitrogens is 2. The lowest BCUT2D eigenvalue weighted by Gasteiger charge is -2.23. The van der Waals surface area contributed by atoms with Crippen molar-refractivity contribution in [2.24, 2.45) is 5.73 Å². The molecule has 0 amide bonds. The van der Waals surface area contributed by atoms with Gasteiger partial charge in [0.1, 0.15) is 24.8 Å². The lowest BCUT2D eigenvalue weighted by atomic mass is 10.1. The molecule has 0 atom stereocenters. The van der Waals surface area contributed by atoms with E-state index in [0.717, 1.165) is 6.20 Å². The maximum atomic E-state index is 12.9. The number of aryl methyl sites for hydroxylation is 1. The summed E-state index contributed by atoms with van der Waals surface area (Å²) in [6, 6.07) is 5.97. The molecule has 0 unspecified atom stereocenters. The maximum Gasteiger partial charge on any atom is 0.306 e. The van der Waals surface area contributed by atoms with Crippen molar-refractivity contribution in [3.63, 3.8) is 0 Å². The third-order valence-corrected chi connectivity index (χ3v) is 4.78. The van der Waals surface area contributed by atoms with E-state index in [1.54, 1.807) is 12.1 Å². The fourth-order valence-corrected chi connectivity index (χ4v) is 2.80. The first kappa shape index (κ1) is 22.9. The van der Waals surface area contributed by atoms with Crippen LogP contribution < -0.4 is 10.5 Å². The molecule has 0 spiro atoms. The SMILES string of the molecule is NC(CO)(CO)COC(=O)CCc1noc2cc(OCc3ccc(F)cn3)c(Cl)cc12. The minimum atomic E-state index is -1.39. The summed E-state index contributed by atoms with van der Waals surface area (Å²) in [4.78, 5) is 15.9. The van der Waals surface area contributed by atoms with Crippen molar-refractivity contribution in [3.05, 3.63) is 52.7 Å². The van der Waals surface area contributed by atoms with Crippen molar-refractivity contribution >= 4 is 28.5 Å². The Kier molecular flexibility index (Phi) is 7.39. The number of ether oxygens (including phenoxy) is 2. The van der Waals surface area contributed by atoms with Crippen molar-refractivity contribution in [2.75, 3.05) is 19.8 Å². The molecule has 0 aliphatic carbocycles. The molecule has 3 rings (SSSR count). The maximum absolute atomic E-state index is 12.9. The quantitative estimate of drug-likeness (QED) is 0.391. The second-order valence-corrected chi connectivity index (χ2v) is 7.41. The molecular weight excluding hydrogens is 433 g/mol. The third-order valence-electron chi connectivity index (χ3n) is 4.48. The van der Waals surface area contributed by atoms with Gasteiger partial charge in [-0.05, 0) is 18.2 Å². The van der Waals surface area contributed by atoms with Crippen LogP contribution in [0, 0.1) is 5.82 Å². The Morgan fingerprint density at radius 3 is 2.74 bits per heavy atom. The Morgan fingerprint density at radius 2 is 2.06 bits per heavy atom. The molecular formula is C20H21ClFN3O6. The van der Waals surface area contributed by atoms with E-state index in [9.17, 15) is 9.18 Å². The lowest BCUT2D eigenvalue weighted by Crippen LogP contribution is -2.51. The molecule has 166 valence electrons. The molecule has 0 fully saturated rings. The number of aliphatic hydroxyl groups excluding tert-OH is 2. The number of pyridine rings is 1. The van der Waals surface area contributed by atoms with Crippen LogP contribution in [0.25, 0.3) is 11.0 Å². The van der Waals surface area contributed by atoms with Crippen LogP contribution in [0.2, 0.25) is 5.02 Å². The number of fused-ring (bicyclic) bond motifs is 1. The number of halogens is 2. The summed E-state index contributed by atoms with van der Waals surface area (Å²) in [6.45, 7) is -1.27. The summed E-state index contributed by atoms with van der Waals surface area (Å²) in [7, 11) is 0. The molecule has 9 nitrogen and oxygen atoms in total. The molecule has 1 aromatic carbocycles. The van der Waals surface area contributed by atoms with Gasteiger partial charge in [-0.15, -0.1) is 0 Å². The first-order valence-electron chi connectivity index (χ1n) is 9.31. The zero-order chi connectivity index (χ0) is 22.4. The van der Waals surface area contributed by atoms with Gasteiger partial charge in [-0.2, -0.15) is 0 Å². The Balaban J connectivity index is 1.61. The van der Waals surface area contributed by atoms with Gasteiger partial charge in [0.15, 0.2) is 5.58 Å². The predicted octanol–water partition coefficient (Wildman–Crippen LogP) is 1.75. The molecule has 0 aliphatic rings. The van der Waals surface area contributed by atoms with Crippen LogP contribution in [-0.2, 0) is 22.6 Å². The van der Waals surface area contributed by atoms with Gasteiger partial charge >= 0.3 is 5.97 Å². The molecule has 31 heavy (non-hydrogen) atoms. The number of nitrogens with two attached hydrogens (primary N) is 1. The van der Waals surface area contributed by atoms with Crippen LogP contribution in [0.5, 0.6) is 5.75 Å². The average molecular weight is 454 g/mol. The molecule has 4 N–H and O–H groups in total. The van der Waals surface area contributed by atoms with Crippen molar-refractivity contribution in [3.8, 4) is 5.75 Å². The van der Waals surface area contributed by atoms with Crippen LogP contribution in [-0.4, -0.2) is 51.7 Å². The Hall–Kier alpha value is -2.79. The Labute approximate surface area is 181 Å². The molecule has 2 heterocycles. The molecule has 0 saturated heterocycles. The number of benzene rings is 1. The van der Waals surface area contributed by atoms with Gasteiger partial charge in [0, 0.05) is 17.9 Å². The standard InChI is InChI=1S/C20H21ClFN3O6/c21-15-5-14-16(3-4-19(28)30-11-20(23,9-26)10-27)25-31-17(14)6-18(15)29-8-13-2-1-12(22)7-24-13/h1-2,5-7,26-27H,3-4,8-11,23H2. The van der Waals surface area contributed by atoms with E-state index in [0.29, 0.717) is 33.1 Å². The molecule has 0 bridgehead atoms. The number of carbonyl (C=O) groups excluding carboxylic acids is 1. The van der Waals surface area contributed by atoms with Crippen LogP contribution in [0.1, 0.15) is 17.8 Å². The van der Waals surface area contributed by atoms with E-state index in [4.69, 9.17) is 41.5 Å². The normalized spacial score (nSPS) is 11.6. The van der Waals surface area contributed by atoms with Gasteiger partial charge in [0.05, 0.1) is 47.8 Å². The first-order valence-corrected chi connectivity index (χ1v) is 9.68. The zero-order valence-electron chi connectivity index (χ0n) is 16.4. The van der Waals surface area contributed by atoms with Crippen LogP contribution in [0.3, 0.4) is 0 Å². The Morgan fingerprint density at radius 1 is 1.29 bits per heavy atom. The minimum Gasteiger partial charge on any atom is -0.486 e. The molecule has 0 saturated carbocycles. The number of esters is 1. The highest BCUT2D eigenvalue weighted by atomic mass is 35.5. The zero-order valence-corrected chi connectivity index (χ0v) is 17.1. The monoisotopic (exact) mass is 453 g/mol. The summed E-state index contributed by atoms with van der Waals surface area (Å²) in [6.07, 6.45) is 1.30. The molecule has 0 aliphatic heterocycles. The summed E-state index contributed by atoms with van der Waals surface area (Å²) < 4.78 is 28.9. The van der Waals surface area contributed by atoms with Gasteiger partial charge in [-0.3, -0.25) is 9.78 Å². The smallest absolute Gasteiger partial charge is 0.306 e. The van der Waals surface area contributed by atoms with Gasteiger partial charge < -0.3 is 29.9 Å². The van der Waals surface area contributed by atoms with Gasteiger partial charge in [-0.25, -0.2) is 4.39 Å². The number of nitrogens with zero attached hydrogens (tertiary/aromatic N) is 2. The first-order chi connectivity index (χ1) is 14.8. The van der Waals surface area contributed by atoms with Gasteiger partial charge in [-0.1, -0.05) is 16.8 Å². The fraction of sp³-hybridized carbons (Fsp3) is 0.350. The van der Waals surface area contributed by atoms with Crippen molar-refractivity contribution in [2.45, 2.75) is 25.0 Å². The lowest BCUT2D eigenvalue weighted by molar-refractivity contribution is -0.146. The van der Waals surface area contributed by atoms with E-state index in [1.807, 2.05) is 0 Å². The van der Waals surface area contributed by atoms with Crippen molar-refractivity contribution < 1.29 is 33.4 Å². The summed E-state index contributed by atoms with van der Waals surface area (Å²) in [5.74, 6) is -0.661. The summed E-state index contributed by atoms with van der Waals surface area (Å²) >= 11 is 6.29. The number of carbonyl (C=O) groups is 1. The number of aliphatic hydroxyl groups is 2.